The summed E-state index contributed by atoms with van der Waals surface area (Å²) in [6.45, 7) is 4.34. The average molecular weight is 371 g/mol. The van der Waals surface area contributed by atoms with Crippen molar-refractivity contribution < 1.29 is 13.2 Å². The molecule has 2 aliphatic rings. The van der Waals surface area contributed by atoms with Gasteiger partial charge in [0.15, 0.2) is 9.84 Å². The van der Waals surface area contributed by atoms with E-state index in [2.05, 4.69) is 5.32 Å². The Balaban J connectivity index is 1.74. The first-order valence-corrected chi connectivity index (χ1v) is 11.4. The molecule has 0 radical (unpaired) electrons. The molecule has 24 heavy (non-hydrogen) atoms. The average Bonchev–Trinajstić information content (AvgIpc) is 2.97. The lowest BCUT2D eigenvalue weighted by Gasteiger charge is -2.29. The number of nitrogens with zero attached hydrogens (tertiary/aromatic N) is 1. The molecule has 134 valence electrons. The van der Waals surface area contributed by atoms with Gasteiger partial charge in [-0.2, -0.15) is 11.3 Å². The van der Waals surface area contributed by atoms with Crippen molar-refractivity contribution in [3.8, 4) is 0 Å². The fourth-order valence-electron chi connectivity index (χ4n) is 3.83. The van der Waals surface area contributed by atoms with Gasteiger partial charge in [0.2, 0.25) is 5.91 Å². The number of sulfone groups is 1. The van der Waals surface area contributed by atoms with E-state index in [1.165, 1.54) is 0 Å². The molecule has 2 heterocycles. The van der Waals surface area contributed by atoms with Crippen LogP contribution in [0.4, 0.5) is 0 Å². The predicted octanol–water partition coefficient (Wildman–Crippen LogP) is 2.04. The molecule has 2 fully saturated rings. The highest BCUT2D eigenvalue weighted by atomic mass is 32.2. The molecule has 3 rings (SSSR count). The second-order valence-electron chi connectivity index (χ2n) is 7.08. The molecular weight excluding hydrogens is 344 g/mol. The molecule has 0 aromatic carbocycles. The van der Waals surface area contributed by atoms with Crippen molar-refractivity contribution in [3.05, 3.63) is 22.4 Å². The third kappa shape index (κ3) is 4.00. The van der Waals surface area contributed by atoms with E-state index in [4.69, 9.17) is 0 Å². The van der Waals surface area contributed by atoms with Crippen LogP contribution in [0.3, 0.4) is 0 Å². The van der Waals surface area contributed by atoms with E-state index in [1.54, 1.807) is 11.3 Å². The zero-order chi connectivity index (χ0) is 17.2. The van der Waals surface area contributed by atoms with Gasteiger partial charge in [-0.3, -0.25) is 4.79 Å². The smallest absolute Gasteiger partial charge is 0.238 e. The monoisotopic (exact) mass is 370 g/mol. The number of thiophene rings is 1. The first-order chi connectivity index (χ1) is 11.5. The maximum absolute atomic E-state index is 12.8. The van der Waals surface area contributed by atoms with Crippen molar-refractivity contribution >= 4 is 27.1 Å². The summed E-state index contributed by atoms with van der Waals surface area (Å²) < 4.78 is 24.2. The largest absolute Gasteiger partial charge is 0.334 e. The van der Waals surface area contributed by atoms with Crippen LogP contribution in [0, 0.1) is 5.41 Å². The van der Waals surface area contributed by atoms with Crippen LogP contribution >= 0.6 is 11.3 Å². The zero-order valence-corrected chi connectivity index (χ0v) is 15.8. The molecule has 1 atom stereocenters. The van der Waals surface area contributed by atoms with Gasteiger partial charge in [0.05, 0.1) is 5.75 Å². The first kappa shape index (κ1) is 17.9. The fourth-order valence-corrected chi connectivity index (χ4v) is 5.80. The topological polar surface area (TPSA) is 66.5 Å². The SMILES string of the molecule is CCCS(=O)(=O)CC(=O)N(Cc1ccsc1)C1CC12CCNCC2. The first-order valence-electron chi connectivity index (χ1n) is 8.67. The number of carbonyl (C=O) groups is 1. The minimum Gasteiger partial charge on any atom is -0.334 e. The molecule has 7 heteroatoms. The van der Waals surface area contributed by atoms with Gasteiger partial charge in [-0.15, -0.1) is 0 Å². The Bertz CT molecular complexity index is 664. The molecule has 0 bridgehead atoms. The lowest BCUT2D eigenvalue weighted by atomic mass is 9.93. The molecule has 5 nitrogen and oxygen atoms in total. The predicted molar refractivity (Wildman–Crippen MR) is 96.8 cm³/mol. The molecule has 1 unspecified atom stereocenters. The van der Waals surface area contributed by atoms with Gasteiger partial charge in [0, 0.05) is 12.6 Å². The van der Waals surface area contributed by atoms with Crippen molar-refractivity contribution in [1.82, 2.24) is 10.2 Å². The summed E-state index contributed by atoms with van der Waals surface area (Å²) in [4.78, 5) is 14.6. The number of amides is 1. The van der Waals surface area contributed by atoms with E-state index in [1.807, 2.05) is 28.7 Å². The quantitative estimate of drug-likeness (QED) is 0.798. The highest BCUT2D eigenvalue weighted by Gasteiger charge is 2.57. The Morgan fingerprint density at radius 2 is 2.17 bits per heavy atom. The molecule has 1 aromatic rings. The molecule has 1 amide bonds. The number of carbonyl (C=O) groups excluding carboxylic acids is 1. The van der Waals surface area contributed by atoms with Crippen molar-refractivity contribution in [2.24, 2.45) is 5.41 Å². The molecule has 1 aliphatic heterocycles. The van der Waals surface area contributed by atoms with Crippen LogP contribution in [-0.2, 0) is 21.2 Å². The standard InChI is InChI=1S/C17H26N2O3S2/c1-2-9-24(21,22)13-16(20)19(11-14-3-8-23-12-14)15-10-17(15)4-6-18-7-5-17/h3,8,12,15,18H,2,4-7,9-11,13H2,1H3. The van der Waals surface area contributed by atoms with E-state index in [9.17, 15) is 13.2 Å². The van der Waals surface area contributed by atoms with Crippen LogP contribution in [-0.4, -0.2) is 49.9 Å². The Labute approximate surface area is 148 Å². The van der Waals surface area contributed by atoms with E-state index in [0.717, 1.165) is 37.9 Å². The van der Waals surface area contributed by atoms with Gasteiger partial charge in [0.25, 0.3) is 0 Å². The van der Waals surface area contributed by atoms with Crippen molar-refractivity contribution in [1.29, 1.82) is 0 Å². The summed E-state index contributed by atoms with van der Waals surface area (Å²) in [6.07, 6.45) is 3.72. The highest BCUT2D eigenvalue weighted by Crippen LogP contribution is 2.56. The van der Waals surface area contributed by atoms with Gasteiger partial charge in [-0.1, -0.05) is 6.92 Å². The second kappa shape index (κ2) is 7.14. The lowest BCUT2D eigenvalue weighted by molar-refractivity contribution is -0.130. The molecule has 1 N–H and O–H groups in total. The summed E-state index contributed by atoms with van der Waals surface area (Å²) >= 11 is 1.61. The van der Waals surface area contributed by atoms with Crippen LogP contribution in [0.5, 0.6) is 0 Å². The Kier molecular flexibility index (Phi) is 5.32. The van der Waals surface area contributed by atoms with Gasteiger partial charge >= 0.3 is 0 Å². The molecule has 1 aliphatic carbocycles. The minimum atomic E-state index is -3.30. The van der Waals surface area contributed by atoms with Gasteiger partial charge in [0.1, 0.15) is 5.75 Å². The normalized spacial score (nSPS) is 22.5. The summed E-state index contributed by atoms with van der Waals surface area (Å²) in [5.41, 5.74) is 1.31. The van der Waals surface area contributed by atoms with Crippen LogP contribution in [0.2, 0.25) is 0 Å². The van der Waals surface area contributed by atoms with Crippen LogP contribution < -0.4 is 5.32 Å². The van der Waals surface area contributed by atoms with E-state index in [0.29, 0.717) is 13.0 Å². The summed E-state index contributed by atoms with van der Waals surface area (Å²) in [5.74, 6) is -0.490. The van der Waals surface area contributed by atoms with Gasteiger partial charge in [-0.05, 0) is 66.6 Å². The summed E-state index contributed by atoms with van der Waals surface area (Å²) in [5, 5.41) is 7.41. The van der Waals surface area contributed by atoms with Crippen LogP contribution in [0.15, 0.2) is 16.8 Å². The third-order valence-corrected chi connectivity index (χ3v) is 7.68. The third-order valence-electron chi connectivity index (χ3n) is 5.23. The Hall–Kier alpha value is -0.920. The molecule has 1 saturated carbocycles. The van der Waals surface area contributed by atoms with Crippen LogP contribution in [0.25, 0.3) is 0 Å². The molecular formula is C17H26N2O3S2. The van der Waals surface area contributed by atoms with Crippen LogP contribution in [0.1, 0.15) is 38.2 Å². The lowest BCUT2D eigenvalue weighted by Crippen LogP contribution is -2.41. The zero-order valence-electron chi connectivity index (χ0n) is 14.2. The van der Waals surface area contributed by atoms with Gasteiger partial charge < -0.3 is 10.2 Å². The molecule has 1 saturated heterocycles. The minimum absolute atomic E-state index is 0.0881. The van der Waals surface area contributed by atoms with Crippen molar-refractivity contribution in [3.63, 3.8) is 0 Å². The number of hydrogen-bond donors (Lipinski definition) is 1. The van der Waals surface area contributed by atoms with Crippen molar-refractivity contribution in [2.45, 2.75) is 45.2 Å². The number of piperidine rings is 1. The van der Waals surface area contributed by atoms with Gasteiger partial charge in [-0.25, -0.2) is 8.42 Å². The maximum atomic E-state index is 12.8. The van der Waals surface area contributed by atoms with E-state index in [-0.39, 0.29) is 28.9 Å². The molecule has 1 aromatic heterocycles. The molecule has 1 spiro atoms. The van der Waals surface area contributed by atoms with Crippen molar-refractivity contribution in [2.75, 3.05) is 24.6 Å². The maximum Gasteiger partial charge on any atom is 0.238 e. The van der Waals surface area contributed by atoms with E-state index < -0.39 is 9.84 Å². The fraction of sp³-hybridized carbons (Fsp3) is 0.706. The highest BCUT2D eigenvalue weighted by molar-refractivity contribution is 7.92. The summed E-state index contributed by atoms with van der Waals surface area (Å²) in [6, 6.07) is 2.21. The van der Waals surface area contributed by atoms with E-state index >= 15 is 0 Å². The number of nitrogens with one attached hydrogen (secondary N) is 1. The number of rotatable bonds is 7. The number of hydrogen-bond acceptors (Lipinski definition) is 5. The Morgan fingerprint density at radius 1 is 1.42 bits per heavy atom. The Morgan fingerprint density at radius 3 is 2.79 bits per heavy atom. The second-order valence-corrected chi connectivity index (χ2v) is 10.0. The summed E-state index contributed by atoms with van der Waals surface area (Å²) in [7, 11) is -3.30.